The number of likely N-dealkylation sites (N-methyl/N-ethyl adjacent to an activating group) is 1. The Hall–Kier alpha value is -3.28. The van der Waals surface area contributed by atoms with Gasteiger partial charge in [-0.1, -0.05) is 45.0 Å². The molecule has 1 aliphatic rings. The monoisotopic (exact) mass is 407 g/mol. The van der Waals surface area contributed by atoms with E-state index in [1.807, 2.05) is 12.1 Å². The average Bonchev–Trinajstić information content (AvgIpc) is 2.71. The van der Waals surface area contributed by atoms with Crippen LogP contribution in [0.4, 0.5) is 11.4 Å². The Morgan fingerprint density at radius 3 is 2.47 bits per heavy atom. The van der Waals surface area contributed by atoms with Gasteiger partial charge in [0, 0.05) is 25.9 Å². The number of anilines is 2. The summed E-state index contributed by atoms with van der Waals surface area (Å²) in [5.41, 5.74) is 3.72. The largest absolute Gasteiger partial charge is 0.477 e. The number of hydrogen-bond acceptors (Lipinski definition) is 4. The number of carbonyl (C=O) groups excluding carboxylic acids is 2. The molecule has 158 valence electrons. The highest BCUT2D eigenvalue weighted by atomic mass is 16.5. The highest BCUT2D eigenvalue weighted by Gasteiger charge is 2.27. The van der Waals surface area contributed by atoms with Crippen LogP contribution < -0.4 is 15.4 Å². The summed E-state index contributed by atoms with van der Waals surface area (Å²) >= 11 is 0. The number of hydrogen-bond donors (Lipinski definition) is 2. The molecule has 0 saturated heterocycles. The Balaban J connectivity index is 1.61. The molecule has 1 unspecified atom stereocenters. The first-order chi connectivity index (χ1) is 14.1. The first-order valence-electron chi connectivity index (χ1n) is 9.99. The number of nitrogens with zero attached hydrogens (tertiary/aromatic N) is 1. The zero-order valence-electron chi connectivity index (χ0n) is 18.2. The lowest BCUT2D eigenvalue weighted by Gasteiger charge is -2.28. The Bertz CT molecular complexity index is 957. The molecule has 30 heavy (non-hydrogen) atoms. The molecule has 6 heteroatoms. The van der Waals surface area contributed by atoms with Crippen molar-refractivity contribution in [1.82, 2.24) is 4.90 Å². The fraction of sp³-hybridized carbons (Fsp3) is 0.333. The van der Waals surface area contributed by atoms with E-state index in [1.165, 1.54) is 16.5 Å². The van der Waals surface area contributed by atoms with Gasteiger partial charge in [0.25, 0.3) is 5.91 Å². The van der Waals surface area contributed by atoms with Crippen molar-refractivity contribution >= 4 is 29.3 Å². The van der Waals surface area contributed by atoms with Gasteiger partial charge >= 0.3 is 0 Å². The molecule has 1 atom stereocenters. The summed E-state index contributed by atoms with van der Waals surface area (Å²) in [7, 11) is 3.40. The summed E-state index contributed by atoms with van der Waals surface area (Å²) in [5, 5.41) is 6.05. The van der Waals surface area contributed by atoms with E-state index >= 15 is 0 Å². The van der Waals surface area contributed by atoms with E-state index < -0.39 is 6.10 Å². The second-order valence-corrected chi connectivity index (χ2v) is 8.63. The second-order valence-electron chi connectivity index (χ2n) is 8.63. The molecule has 2 aromatic rings. The summed E-state index contributed by atoms with van der Waals surface area (Å²) in [6.45, 7) is 6.89. The van der Waals surface area contributed by atoms with Crippen LogP contribution >= 0.6 is 0 Å². The zero-order chi connectivity index (χ0) is 21.9. The molecular weight excluding hydrogens is 378 g/mol. The molecule has 0 aromatic heterocycles. The SMILES string of the molecule is CN(C)C(=O)C1CNc2cc(NC(=O)C=Cc3ccc(C(C)(C)C)cc3)ccc2O1. The number of fused-ring (bicyclic) bond motifs is 1. The van der Waals surface area contributed by atoms with E-state index in [1.54, 1.807) is 38.4 Å². The maximum Gasteiger partial charge on any atom is 0.264 e. The third kappa shape index (κ3) is 5.20. The smallest absolute Gasteiger partial charge is 0.264 e. The summed E-state index contributed by atoms with van der Waals surface area (Å²) < 4.78 is 5.77. The molecule has 2 amide bonds. The van der Waals surface area contributed by atoms with Gasteiger partial charge in [-0.2, -0.15) is 0 Å². The first kappa shape index (κ1) is 21.4. The summed E-state index contributed by atoms with van der Waals surface area (Å²) in [4.78, 5) is 25.9. The lowest BCUT2D eigenvalue weighted by molar-refractivity contribution is -0.135. The third-order valence-corrected chi connectivity index (χ3v) is 4.91. The van der Waals surface area contributed by atoms with Crippen LogP contribution in [0.2, 0.25) is 0 Å². The summed E-state index contributed by atoms with van der Waals surface area (Å²) in [6, 6.07) is 13.5. The Kier molecular flexibility index (Phi) is 6.15. The van der Waals surface area contributed by atoms with Gasteiger partial charge in [-0.05, 0) is 40.8 Å². The summed E-state index contributed by atoms with van der Waals surface area (Å²) in [6.07, 6.45) is 2.75. The molecule has 2 aromatic carbocycles. The molecule has 0 radical (unpaired) electrons. The van der Waals surface area contributed by atoms with Crippen molar-refractivity contribution in [2.75, 3.05) is 31.3 Å². The minimum atomic E-state index is -0.555. The molecule has 0 bridgehead atoms. The van der Waals surface area contributed by atoms with Gasteiger partial charge in [0.15, 0.2) is 6.10 Å². The van der Waals surface area contributed by atoms with E-state index in [-0.39, 0.29) is 17.2 Å². The minimum absolute atomic E-state index is 0.0915. The quantitative estimate of drug-likeness (QED) is 0.754. The van der Waals surface area contributed by atoms with Crippen LogP contribution in [-0.4, -0.2) is 43.5 Å². The molecular formula is C24H29N3O3. The summed E-state index contributed by atoms with van der Waals surface area (Å²) in [5.74, 6) is 0.285. The van der Waals surface area contributed by atoms with Gasteiger partial charge in [-0.25, -0.2) is 0 Å². The fourth-order valence-corrected chi connectivity index (χ4v) is 3.12. The molecule has 0 saturated carbocycles. The molecule has 6 nitrogen and oxygen atoms in total. The standard InChI is InChI=1S/C24H29N3O3/c1-24(2,3)17-9-6-16(7-10-17)8-13-22(28)26-18-11-12-20-19(14-18)25-15-21(30-20)23(29)27(4)5/h6-14,21,25H,15H2,1-5H3,(H,26,28). The zero-order valence-corrected chi connectivity index (χ0v) is 18.2. The Labute approximate surface area is 177 Å². The number of ether oxygens (including phenoxy) is 1. The van der Waals surface area contributed by atoms with Crippen molar-refractivity contribution < 1.29 is 14.3 Å². The van der Waals surface area contributed by atoms with Crippen LogP contribution in [0.1, 0.15) is 31.9 Å². The van der Waals surface area contributed by atoms with E-state index in [9.17, 15) is 9.59 Å². The van der Waals surface area contributed by atoms with Gasteiger partial charge < -0.3 is 20.3 Å². The van der Waals surface area contributed by atoms with Crippen LogP contribution in [0.15, 0.2) is 48.5 Å². The van der Waals surface area contributed by atoms with Crippen molar-refractivity contribution in [3.05, 3.63) is 59.7 Å². The van der Waals surface area contributed by atoms with Crippen LogP contribution in [-0.2, 0) is 15.0 Å². The third-order valence-electron chi connectivity index (χ3n) is 4.91. The molecule has 1 heterocycles. The van der Waals surface area contributed by atoms with Gasteiger partial charge in [-0.15, -0.1) is 0 Å². The van der Waals surface area contributed by atoms with E-state index in [0.717, 1.165) is 11.3 Å². The maximum atomic E-state index is 12.3. The molecule has 2 N–H and O–H groups in total. The fourth-order valence-electron chi connectivity index (χ4n) is 3.12. The van der Waals surface area contributed by atoms with Crippen LogP contribution in [0, 0.1) is 0 Å². The molecule has 1 aliphatic heterocycles. The topological polar surface area (TPSA) is 70.7 Å². The average molecular weight is 408 g/mol. The predicted octanol–water partition coefficient (Wildman–Crippen LogP) is 3.90. The predicted molar refractivity (Wildman–Crippen MR) is 121 cm³/mol. The van der Waals surface area contributed by atoms with Crippen molar-refractivity contribution in [1.29, 1.82) is 0 Å². The number of benzene rings is 2. The van der Waals surface area contributed by atoms with Crippen LogP contribution in [0.25, 0.3) is 6.08 Å². The van der Waals surface area contributed by atoms with Crippen molar-refractivity contribution in [3.8, 4) is 5.75 Å². The number of nitrogens with one attached hydrogen (secondary N) is 2. The number of rotatable bonds is 4. The number of carbonyl (C=O) groups is 2. The van der Waals surface area contributed by atoms with E-state index in [0.29, 0.717) is 18.0 Å². The molecule has 0 aliphatic carbocycles. The normalized spacial score (nSPS) is 15.7. The van der Waals surface area contributed by atoms with Gasteiger partial charge in [-0.3, -0.25) is 9.59 Å². The lowest BCUT2D eigenvalue weighted by Crippen LogP contribution is -2.44. The van der Waals surface area contributed by atoms with E-state index in [2.05, 4.69) is 43.5 Å². The highest BCUT2D eigenvalue weighted by molar-refractivity contribution is 6.02. The second kappa shape index (κ2) is 8.61. The van der Waals surface area contributed by atoms with Gasteiger partial charge in [0.2, 0.25) is 5.91 Å². The van der Waals surface area contributed by atoms with Crippen LogP contribution in [0.3, 0.4) is 0 Å². The van der Waals surface area contributed by atoms with Crippen molar-refractivity contribution in [2.45, 2.75) is 32.3 Å². The molecule has 0 spiro atoms. The van der Waals surface area contributed by atoms with E-state index in [4.69, 9.17) is 4.74 Å². The Morgan fingerprint density at radius 2 is 1.83 bits per heavy atom. The van der Waals surface area contributed by atoms with Gasteiger partial charge in [0.1, 0.15) is 5.75 Å². The highest BCUT2D eigenvalue weighted by Crippen LogP contribution is 2.32. The van der Waals surface area contributed by atoms with Gasteiger partial charge in [0.05, 0.1) is 12.2 Å². The molecule has 0 fully saturated rings. The Morgan fingerprint density at radius 1 is 1.13 bits per heavy atom. The molecule has 3 rings (SSSR count). The maximum absolute atomic E-state index is 12.3. The minimum Gasteiger partial charge on any atom is -0.477 e. The number of amides is 2. The lowest BCUT2D eigenvalue weighted by atomic mass is 9.87. The van der Waals surface area contributed by atoms with Crippen molar-refractivity contribution in [2.24, 2.45) is 0 Å². The first-order valence-corrected chi connectivity index (χ1v) is 9.99. The van der Waals surface area contributed by atoms with Crippen LogP contribution in [0.5, 0.6) is 5.75 Å². The van der Waals surface area contributed by atoms with Crippen molar-refractivity contribution in [3.63, 3.8) is 0 Å².